The summed E-state index contributed by atoms with van der Waals surface area (Å²) in [5.74, 6) is 0.750. The van der Waals surface area contributed by atoms with Crippen LogP contribution in [0.4, 0.5) is 10.6 Å². The molecule has 2 atom stereocenters. The van der Waals surface area contributed by atoms with Crippen molar-refractivity contribution < 1.29 is 9.53 Å². The quantitative estimate of drug-likeness (QED) is 0.605. The fourth-order valence-electron chi connectivity index (χ4n) is 3.86. The van der Waals surface area contributed by atoms with Gasteiger partial charge in [0.1, 0.15) is 35.0 Å². The van der Waals surface area contributed by atoms with Gasteiger partial charge in [-0.1, -0.05) is 0 Å². The van der Waals surface area contributed by atoms with Gasteiger partial charge in [0.05, 0.1) is 23.3 Å². The van der Waals surface area contributed by atoms with Crippen LogP contribution in [0.5, 0.6) is 0 Å². The Labute approximate surface area is 186 Å². The van der Waals surface area contributed by atoms with E-state index in [9.17, 15) is 4.79 Å². The molecule has 3 aromatic rings. The SMILES string of the molecule is C[C@@H]1CN(c2ncnc3c(-n4cc(C#N)cn4)cncc23)[C@@H](C)CN1C(=O)OC(C)(C)C. The molecule has 0 saturated carbocycles. The average Bonchev–Trinajstić information content (AvgIpc) is 3.22. The molecule has 4 rings (SSSR count). The number of nitrogens with zero attached hydrogens (tertiary/aromatic N) is 8. The minimum Gasteiger partial charge on any atom is -0.444 e. The lowest BCUT2D eigenvalue weighted by Crippen LogP contribution is -2.59. The van der Waals surface area contributed by atoms with Crippen LogP contribution in [-0.2, 0) is 4.74 Å². The summed E-state index contributed by atoms with van der Waals surface area (Å²) in [6.45, 7) is 10.8. The van der Waals surface area contributed by atoms with Crippen molar-refractivity contribution in [2.24, 2.45) is 0 Å². The number of carbonyl (C=O) groups excluding carboxylic acids is 1. The van der Waals surface area contributed by atoms with E-state index < -0.39 is 5.60 Å². The summed E-state index contributed by atoms with van der Waals surface area (Å²) in [5.41, 5.74) is 1.27. The Morgan fingerprint density at radius 2 is 1.94 bits per heavy atom. The minimum atomic E-state index is -0.542. The first-order valence-corrected chi connectivity index (χ1v) is 10.5. The predicted molar refractivity (Wildman–Crippen MR) is 118 cm³/mol. The summed E-state index contributed by atoms with van der Waals surface area (Å²) >= 11 is 0. The number of aromatic nitrogens is 5. The third-order valence-electron chi connectivity index (χ3n) is 5.35. The zero-order valence-corrected chi connectivity index (χ0v) is 18.8. The first-order chi connectivity index (χ1) is 15.2. The molecule has 0 aromatic carbocycles. The molecule has 1 aliphatic rings. The third kappa shape index (κ3) is 4.06. The Balaban J connectivity index is 1.67. The summed E-state index contributed by atoms with van der Waals surface area (Å²) in [4.78, 5) is 30.0. The number of rotatable bonds is 2. The van der Waals surface area contributed by atoms with Crippen LogP contribution in [0.2, 0.25) is 0 Å². The highest BCUT2D eigenvalue weighted by molar-refractivity contribution is 5.93. The van der Waals surface area contributed by atoms with E-state index >= 15 is 0 Å². The molecule has 4 heterocycles. The molecule has 0 unspecified atom stereocenters. The van der Waals surface area contributed by atoms with Gasteiger partial charge in [-0.3, -0.25) is 4.98 Å². The van der Waals surface area contributed by atoms with Crippen molar-refractivity contribution >= 4 is 22.8 Å². The molecule has 1 aliphatic heterocycles. The van der Waals surface area contributed by atoms with Gasteiger partial charge in [-0.05, 0) is 34.6 Å². The number of fused-ring (bicyclic) bond motifs is 1. The van der Waals surface area contributed by atoms with E-state index in [1.54, 1.807) is 28.2 Å². The predicted octanol–water partition coefficient (Wildman–Crippen LogP) is 2.92. The van der Waals surface area contributed by atoms with Crippen molar-refractivity contribution in [3.05, 3.63) is 36.7 Å². The summed E-state index contributed by atoms with van der Waals surface area (Å²) in [6, 6.07) is 2.03. The molecule has 0 bridgehead atoms. The molecule has 1 amide bonds. The van der Waals surface area contributed by atoms with Gasteiger partial charge < -0.3 is 14.5 Å². The fourth-order valence-corrected chi connectivity index (χ4v) is 3.86. The molecule has 1 fully saturated rings. The van der Waals surface area contributed by atoms with Gasteiger partial charge in [0.2, 0.25) is 0 Å². The zero-order valence-electron chi connectivity index (χ0n) is 18.8. The molecule has 10 nitrogen and oxygen atoms in total. The maximum absolute atomic E-state index is 12.7. The van der Waals surface area contributed by atoms with E-state index in [-0.39, 0.29) is 18.2 Å². The van der Waals surface area contributed by atoms with Gasteiger partial charge in [0.15, 0.2) is 0 Å². The molecule has 0 spiro atoms. The van der Waals surface area contributed by atoms with Crippen molar-refractivity contribution in [2.75, 3.05) is 18.0 Å². The lowest BCUT2D eigenvalue weighted by Gasteiger charge is -2.44. The number of pyridine rings is 1. The maximum Gasteiger partial charge on any atom is 0.410 e. The molecule has 0 N–H and O–H groups in total. The Hall–Kier alpha value is -3.74. The summed E-state index contributed by atoms with van der Waals surface area (Å²) in [7, 11) is 0. The second-order valence-corrected chi connectivity index (χ2v) is 9.02. The van der Waals surface area contributed by atoms with Crippen LogP contribution in [-0.4, -0.2) is 66.5 Å². The number of nitriles is 1. The maximum atomic E-state index is 12.7. The van der Waals surface area contributed by atoms with Crippen molar-refractivity contribution in [3.63, 3.8) is 0 Å². The highest BCUT2D eigenvalue weighted by Crippen LogP contribution is 2.30. The Kier molecular flexibility index (Phi) is 5.42. The Morgan fingerprint density at radius 3 is 2.62 bits per heavy atom. The lowest BCUT2D eigenvalue weighted by molar-refractivity contribution is 0.0130. The first kappa shape index (κ1) is 21.5. The highest BCUT2D eigenvalue weighted by Gasteiger charge is 2.35. The van der Waals surface area contributed by atoms with E-state index in [2.05, 4.69) is 37.9 Å². The fraction of sp³-hybridized carbons (Fsp3) is 0.455. The number of hydrogen-bond acceptors (Lipinski definition) is 8. The number of piperazine rings is 1. The largest absolute Gasteiger partial charge is 0.444 e. The van der Waals surface area contributed by atoms with Gasteiger partial charge in [-0.15, -0.1) is 0 Å². The standard InChI is InChI=1S/C22H26N8O2/c1-14-11-29(21(31)32-22(3,4)5)15(2)10-28(14)20-17-8-24-9-18(19(17)25-13-26-20)30-12-16(6-23)7-27-30/h7-9,12-15H,10-11H2,1-5H3/t14-,15+/m0/s1. The topological polar surface area (TPSA) is 113 Å². The smallest absolute Gasteiger partial charge is 0.410 e. The number of hydrogen-bond donors (Lipinski definition) is 0. The summed E-state index contributed by atoms with van der Waals surface area (Å²) in [6.07, 6.45) is 7.76. The molecular weight excluding hydrogens is 408 g/mol. The monoisotopic (exact) mass is 434 g/mol. The van der Waals surface area contributed by atoms with Gasteiger partial charge in [0.25, 0.3) is 0 Å². The van der Waals surface area contributed by atoms with Crippen LogP contribution in [0, 0.1) is 11.3 Å². The Morgan fingerprint density at radius 1 is 1.16 bits per heavy atom. The van der Waals surface area contributed by atoms with Gasteiger partial charge in [-0.2, -0.15) is 10.4 Å². The van der Waals surface area contributed by atoms with Crippen molar-refractivity contribution in [3.8, 4) is 11.8 Å². The minimum absolute atomic E-state index is 0.00960. The number of amides is 1. The van der Waals surface area contributed by atoms with Crippen LogP contribution in [0.1, 0.15) is 40.2 Å². The van der Waals surface area contributed by atoms with Gasteiger partial charge in [-0.25, -0.2) is 19.4 Å². The molecule has 0 radical (unpaired) electrons. The molecule has 32 heavy (non-hydrogen) atoms. The lowest BCUT2D eigenvalue weighted by atomic mass is 10.1. The molecule has 0 aliphatic carbocycles. The van der Waals surface area contributed by atoms with E-state index in [1.807, 2.05) is 27.7 Å². The van der Waals surface area contributed by atoms with E-state index in [0.29, 0.717) is 29.9 Å². The van der Waals surface area contributed by atoms with E-state index in [1.165, 1.54) is 12.5 Å². The normalized spacial score (nSPS) is 19.1. The van der Waals surface area contributed by atoms with Crippen molar-refractivity contribution in [1.82, 2.24) is 29.6 Å². The second kappa shape index (κ2) is 8.07. The number of carbonyl (C=O) groups is 1. The summed E-state index contributed by atoms with van der Waals surface area (Å²) in [5, 5.41) is 14.2. The number of ether oxygens (including phenoxy) is 1. The molecular formula is C22H26N8O2. The van der Waals surface area contributed by atoms with Crippen LogP contribution in [0.25, 0.3) is 16.6 Å². The molecule has 3 aromatic heterocycles. The van der Waals surface area contributed by atoms with Gasteiger partial charge >= 0.3 is 6.09 Å². The molecule has 10 heteroatoms. The summed E-state index contributed by atoms with van der Waals surface area (Å²) < 4.78 is 7.18. The first-order valence-electron chi connectivity index (χ1n) is 10.5. The average molecular weight is 435 g/mol. The Bertz CT molecular complexity index is 1190. The molecule has 166 valence electrons. The zero-order chi connectivity index (χ0) is 23.0. The third-order valence-corrected chi connectivity index (χ3v) is 5.35. The van der Waals surface area contributed by atoms with Crippen molar-refractivity contribution in [2.45, 2.75) is 52.3 Å². The van der Waals surface area contributed by atoms with E-state index in [4.69, 9.17) is 10.00 Å². The van der Waals surface area contributed by atoms with Crippen LogP contribution < -0.4 is 4.90 Å². The van der Waals surface area contributed by atoms with E-state index in [0.717, 1.165) is 11.2 Å². The number of anilines is 1. The van der Waals surface area contributed by atoms with Crippen LogP contribution in [0.3, 0.4) is 0 Å². The second-order valence-electron chi connectivity index (χ2n) is 9.02. The van der Waals surface area contributed by atoms with Crippen molar-refractivity contribution in [1.29, 1.82) is 5.26 Å². The van der Waals surface area contributed by atoms with Gasteiger partial charge in [0, 0.05) is 37.6 Å². The molecule has 1 saturated heterocycles. The van der Waals surface area contributed by atoms with Crippen LogP contribution >= 0.6 is 0 Å². The van der Waals surface area contributed by atoms with Crippen LogP contribution in [0.15, 0.2) is 31.1 Å². The highest BCUT2D eigenvalue weighted by atomic mass is 16.6.